The zero-order chi connectivity index (χ0) is 16.2. The lowest BCUT2D eigenvalue weighted by atomic mass is 10.2. The molecule has 21 heavy (non-hydrogen) atoms. The molecule has 0 aliphatic rings. The monoisotopic (exact) mass is 323 g/mol. The van der Waals surface area contributed by atoms with Gasteiger partial charge < -0.3 is 10.2 Å². The third kappa shape index (κ3) is 4.76. The predicted octanol–water partition coefficient (Wildman–Crippen LogP) is 0.561. The van der Waals surface area contributed by atoms with Gasteiger partial charge in [0.1, 0.15) is 22.6 Å². The van der Waals surface area contributed by atoms with Gasteiger partial charge in [0.15, 0.2) is 0 Å². The van der Waals surface area contributed by atoms with Crippen LogP contribution in [-0.2, 0) is 19.6 Å². The third-order valence-corrected chi connectivity index (χ3v) is 3.93. The highest BCUT2D eigenvalue weighted by Crippen LogP contribution is 2.16. The molecule has 7 nitrogen and oxygen atoms in total. The molecular formula is C11H11F2NO6S. The highest BCUT2D eigenvalue weighted by molar-refractivity contribution is 7.89. The second kappa shape index (κ2) is 6.59. The molecule has 1 aromatic carbocycles. The lowest BCUT2D eigenvalue weighted by molar-refractivity contribution is -0.140. The second-order valence-corrected chi connectivity index (χ2v) is 5.70. The van der Waals surface area contributed by atoms with E-state index in [9.17, 15) is 26.8 Å². The number of carboxylic acids is 2. The molecular weight excluding hydrogens is 312 g/mol. The Morgan fingerprint density at radius 1 is 1.24 bits per heavy atom. The Bertz CT molecular complexity index is 661. The lowest BCUT2D eigenvalue weighted by Crippen LogP contribution is -2.41. The van der Waals surface area contributed by atoms with Crippen LogP contribution in [0.2, 0.25) is 0 Å². The van der Waals surface area contributed by atoms with Crippen molar-refractivity contribution in [2.45, 2.75) is 23.8 Å². The molecule has 116 valence electrons. The first-order valence-electron chi connectivity index (χ1n) is 5.55. The molecule has 1 atom stereocenters. The summed E-state index contributed by atoms with van der Waals surface area (Å²) in [6.07, 6.45) is -1.11. The number of sulfonamides is 1. The van der Waals surface area contributed by atoms with Gasteiger partial charge in [0, 0.05) is 12.5 Å². The van der Waals surface area contributed by atoms with Crippen molar-refractivity contribution in [3.8, 4) is 0 Å². The molecule has 0 fully saturated rings. The Hall–Kier alpha value is -2.07. The van der Waals surface area contributed by atoms with Crippen LogP contribution >= 0.6 is 0 Å². The minimum absolute atomic E-state index is 0.335. The zero-order valence-corrected chi connectivity index (χ0v) is 11.2. The third-order valence-electron chi connectivity index (χ3n) is 2.43. The molecule has 0 spiro atoms. The molecule has 0 saturated carbocycles. The Labute approximate surface area is 118 Å². The Morgan fingerprint density at radius 2 is 1.86 bits per heavy atom. The van der Waals surface area contributed by atoms with E-state index in [2.05, 4.69) is 0 Å². The van der Waals surface area contributed by atoms with Crippen LogP contribution in [-0.4, -0.2) is 36.6 Å². The van der Waals surface area contributed by atoms with Gasteiger partial charge in [0.05, 0.1) is 0 Å². The van der Waals surface area contributed by atoms with Gasteiger partial charge >= 0.3 is 11.9 Å². The van der Waals surface area contributed by atoms with Crippen molar-refractivity contribution in [2.75, 3.05) is 0 Å². The maximum absolute atomic E-state index is 13.4. The number of carbonyl (C=O) groups is 2. The first-order valence-corrected chi connectivity index (χ1v) is 7.04. The van der Waals surface area contributed by atoms with Gasteiger partial charge in [-0.05, 0) is 18.6 Å². The number of rotatable bonds is 7. The van der Waals surface area contributed by atoms with Crippen LogP contribution < -0.4 is 4.72 Å². The van der Waals surface area contributed by atoms with Crippen LogP contribution in [0.15, 0.2) is 23.1 Å². The SMILES string of the molecule is O=C(O)CC[C@H](NS(=O)(=O)c1ccc(F)cc1F)C(=O)O. The number of aliphatic carboxylic acids is 2. The minimum Gasteiger partial charge on any atom is -0.481 e. The van der Waals surface area contributed by atoms with E-state index in [1.807, 2.05) is 0 Å². The largest absolute Gasteiger partial charge is 0.481 e. The summed E-state index contributed by atoms with van der Waals surface area (Å²) in [5.41, 5.74) is 0. The highest BCUT2D eigenvalue weighted by Gasteiger charge is 2.28. The summed E-state index contributed by atoms with van der Waals surface area (Å²) in [5.74, 6) is -5.30. The predicted molar refractivity (Wildman–Crippen MR) is 65.0 cm³/mol. The molecule has 3 N–H and O–H groups in total. The quantitative estimate of drug-likeness (QED) is 0.674. The van der Waals surface area contributed by atoms with Gasteiger partial charge in [-0.1, -0.05) is 0 Å². The highest BCUT2D eigenvalue weighted by atomic mass is 32.2. The standard InChI is InChI=1S/C11H11F2NO6S/c12-6-1-3-9(7(13)5-6)21(19,20)14-8(11(17)18)2-4-10(15)16/h1,3,5,8,14H,2,4H2,(H,15,16)(H,17,18)/t8-/m0/s1. The summed E-state index contributed by atoms with van der Waals surface area (Å²) in [6, 6.07) is -0.0643. The molecule has 1 aromatic rings. The first-order chi connectivity index (χ1) is 9.63. The van der Waals surface area contributed by atoms with Gasteiger partial charge in [0.25, 0.3) is 0 Å². The number of hydrogen-bond donors (Lipinski definition) is 3. The summed E-state index contributed by atoms with van der Waals surface area (Å²) in [6.45, 7) is 0. The van der Waals surface area contributed by atoms with Crippen LogP contribution in [0.1, 0.15) is 12.8 Å². The van der Waals surface area contributed by atoms with E-state index in [1.54, 1.807) is 4.72 Å². The topological polar surface area (TPSA) is 121 Å². The van der Waals surface area contributed by atoms with Crippen LogP contribution in [0.4, 0.5) is 8.78 Å². The molecule has 0 aliphatic heterocycles. The number of halogens is 2. The van der Waals surface area contributed by atoms with E-state index in [0.29, 0.717) is 18.2 Å². The van der Waals surface area contributed by atoms with Gasteiger partial charge in [-0.15, -0.1) is 0 Å². The van der Waals surface area contributed by atoms with Gasteiger partial charge in [-0.25, -0.2) is 17.2 Å². The van der Waals surface area contributed by atoms with Crippen LogP contribution in [0.3, 0.4) is 0 Å². The molecule has 0 saturated heterocycles. The van der Waals surface area contributed by atoms with E-state index >= 15 is 0 Å². The fourth-order valence-corrected chi connectivity index (χ4v) is 2.73. The van der Waals surface area contributed by atoms with Crippen molar-refractivity contribution in [2.24, 2.45) is 0 Å². The van der Waals surface area contributed by atoms with E-state index in [0.717, 1.165) is 0 Å². The smallest absolute Gasteiger partial charge is 0.321 e. The maximum atomic E-state index is 13.4. The summed E-state index contributed by atoms with van der Waals surface area (Å²) < 4.78 is 51.5. The van der Waals surface area contributed by atoms with Crippen molar-refractivity contribution in [1.82, 2.24) is 4.72 Å². The van der Waals surface area contributed by atoms with Crippen molar-refractivity contribution in [1.29, 1.82) is 0 Å². The van der Waals surface area contributed by atoms with Gasteiger partial charge in [-0.2, -0.15) is 4.72 Å². The molecule has 0 heterocycles. The van der Waals surface area contributed by atoms with E-state index in [-0.39, 0.29) is 0 Å². The van der Waals surface area contributed by atoms with Crippen molar-refractivity contribution >= 4 is 22.0 Å². The van der Waals surface area contributed by atoms with Crippen LogP contribution in [0.25, 0.3) is 0 Å². The fraction of sp³-hybridized carbons (Fsp3) is 0.273. The van der Waals surface area contributed by atoms with Gasteiger partial charge in [0.2, 0.25) is 10.0 Å². The molecule has 0 aliphatic carbocycles. The maximum Gasteiger partial charge on any atom is 0.321 e. The molecule has 0 amide bonds. The van der Waals surface area contributed by atoms with E-state index in [1.165, 1.54) is 0 Å². The van der Waals surface area contributed by atoms with Gasteiger partial charge in [-0.3, -0.25) is 9.59 Å². The number of benzene rings is 1. The van der Waals surface area contributed by atoms with Crippen molar-refractivity contribution < 1.29 is 37.0 Å². The van der Waals surface area contributed by atoms with Crippen molar-refractivity contribution in [3.63, 3.8) is 0 Å². The van der Waals surface area contributed by atoms with Crippen LogP contribution in [0.5, 0.6) is 0 Å². The molecule has 0 radical (unpaired) electrons. The first kappa shape index (κ1) is 17.0. The average molecular weight is 323 g/mol. The normalized spacial score (nSPS) is 12.9. The number of hydrogen-bond acceptors (Lipinski definition) is 4. The zero-order valence-electron chi connectivity index (χ0n) is 10.4. The molecule has 1 rings (SSSR count). The fourth-order valence-electron chi connectivity index (χ4n) is 1.44. The second-order valence-electron chi connectivity index (χ2n) is 4.02. The average Bonchev–Trinajstić information content (AvgIpc) is 2.33. The summed E-state index contributed by atoms with van der Waals surface area (Å²) in [7, 11) is -4.57. The summed E-state index contributed by atoms with van der Waals surface area (Å²) in [5, 5.41) is 17.3. The van der Waals surface area contributed by atoms with Crippen LogP contribution in [0, 0.1) is 11.6 Å². The summed E-state index contributed by atoms with van der Waals surface area (Å²) in [4.78, 5) is 20.3. The summed E-state index contributed by atoms with van der Waals surface area (Å²) >= 11 is 0. The van der Waals surface area contributed by atoms with Crippen molar-refractivity contribution in [3.05, 3.63) is 29.8 Å². The number of nitrogens with one attached hydrogen (secondary N) is 1. The molecule has 0 unspecified atom stereocenters. The Morgan fingerprint density at radius 3 is 2.33 bits per heavy atom. The Kier molecular flexibility index (Phi) is 5.33. The van der Waals surface area contributed by atoms with E-state index < -0.39 is 57.4 Å². The Balaban J connectivity index is 3.00. The number of carboxylic acid groups (broad SMARTS) is 2. The molecule has 0 bridgehead atoms. The molecule has 0 aromatic heterocycles. The van der Waals surface area contributed by atoms with E-state index in [4.69, 9.17) is 10.2 Å². The minimum atomic E-state index is -4.57. The molecule has 10 heteroatoms. The lowest BCUT2D eigenvalue weighted by Gasteiger charge is -2.14.